The third-order valence-corrected chi connectivity index (χ3v) is 2.70. The lowest BCUT2D eigenvalue weighted by Gasteiger charge is -2.20. The van der Waals surface area contributed by atoms with Gasteiger partial charge in [0.05, 0.1) is 6.04 Å². The van der Waals surface area contributed by atoms with Gasteiger partial charge < -0.3 is 5.32 Å². The molecule has 1 amide bonds. The van der Waals surface area contributed by atoms with E-state index in [-0.39, 0.29) is 17.4 Å². The topological polar surface area (TPSA) is 29.1 Å². The van der Waals surface area contributed by atoms with Gasteiger partial charge in [0.15, 0.2) is 0 Å². The zero-order chi connectivity index (χ0) is 12.3. The van der Waals surface area contributed by atoms with E-state index in [0.717, 1.165) is 5.56 Å². The predicted molar refractivity (Wildman–Crippen MR) is 67.4 cm³/mol. The highest BCUT2D eigenvalue weighted by Gasteiger charge is 2.14. The minimum Gasteiger partial charge on any atom is -0.350 e. The van der Waals surface area contributed by atoms with E-state index in [9.17, 15) is 4.79 Å². The van der Waals surface area contributed by atoms with E-state index >= 15 is 0 Å². The Morgan fingerprint density at radius 2 is 1.69 bits per heavy atom. The molecule has 1 N–H and O–H groups in total. The molecule has 0 saturated heterocycles. The molecule has 1 aromatic carbocycles. The maximum Gasteiger partial charge on any atom is 0.217 e. The summed E-state index contributed by atoms with van der Waals surface area (Å²) in [6.07, 6.45) is 0. The van der Waals surface area contributed by atoms with E-state index < -0.39 is 0 Å². The first-order chi connectivity index (χ1) is 7.30. The van der Waals surface area contributed by atoms with Gasteiger partial charge >= 0.3 is 0 Å². The van der Waals surface area contributed by atoms with Crippen molar-refractivity contribution in [1.82, 2.24) is 5.32 Å². The lowest BCUT2D eigenvalue weighted by Crippen LogP contribution is -2.23. The van der Waals surface area contributed by atoms with Crippen LogP contribution in [-0.2, 0) is 10.2 Å². The van der Waals surface area contributed by atoms with E-state index in [2.05, 4.69) is 50.4 Å². The summed E-state index contributed by atoms with van der Waals surface area (Å²) in [6.45, 7) is 10.1. The van der Waals surface area contributed by atoms with Crippen LogP contribution in [0.3, 0.4) is 0 Å². The zero-order valence-corrected chi connectivity index (χ0v) is 10.8. The molecule has 0 spiro atoms. The molecule has 88 valence electrons. The molecule has 16 heavy (non-hydrogen) atoms. The third-order valence-electron chi connectivity index (χ3n) is 2.70. The van der Waals surface area contributed by atoms with Crippen LogP contribution >= 0.6 is 0 Å². The van der Waals surface area contributed by atoms with Crippen molar-refractivity contribution in [2.24, 2.45) is 0 Å². The number of benzene rings is 1. The summed E-state index contributed by atoms with van der Waals surface area (Å²) < 4.78 is 0. The highest BCUT2D eigenvalue weighted by molar-refractivity contribution is 5.73. The Morgan fingerprint density at radius 1 is 1.19 bits per heavy atom. The van der Waals surface area contributed by atoms with Crippen LogP contribution in [-0.4, -0.2) is 5.91 Å². The lowest BCUT2D eigenvalue weighted by molar-refractivity contribution is -0.119. The number of carbonyl (C=O) groups is 1. The number of hydrogen-bond acceptors (Lipinski definition) is 1. The molecule has 0 fully saturated rings. The lowest BCUT2D eigenvalue weighted by atomic mass is 9.86. The first-order valence-corrected chi connectivity index (χ1v) is 5.68. The predicted octanol–water partition coefficient (Wildman–Crippen LogP) is 3.18. The number of nitrogens with one attached hydrogen (secondary N) is 1. The molecule has 0 saturated carbocycles. The van der Waals surface area contributed by atoms with Crippen LogP contribution in [0.25, 0.3) is 0 Å². The Morgan fingerprint density at radius 3 is 2.06 bits per heavy atom. The fourth-order valence-corrected chi connectivity index (χ4v) is 1.66. The van der Waals surface area contributed by atoms with Crippen LogP contribution in [0, 0.1) is 0 Å². The van der Waals surface area contributed by atoms with Gasteiger partial charge in [0, 0.05) is 6.92 Å². The monoisotopic (exact) mass is 219 g/mol. The van der Waals surface area contributed by atoms with Crippen LogP contribution in [0.2, 0.25) is 0 Å². The van der Waals surface area contributed by atoms with Crippen LogP contribution in [0.5, 0.6) is 0 Å². The maximum atomic E-state index is 10.9. The van der Waals surface area contributed by atoms with E-state index in [1.165, 1.54) is 5.56 Å². The average Bonchev–Trinajstić information content (AvgIpc) is 2.15. The van der Waals surface area contributed by atoms with Crippen LogP contribution in [0.4, 0.5) is 0 Å². The summed E-state index contributed by atoms with van der Waals surface area (Å²) >= 11 is 0. The normalized spacial score (nSPS) is 13.3. The first-order valence-electron chi connectivity index (χ1n) is 5.68. The molecule has 0 aliphatic heterocycles. The molecule has 0 radical (unpaired) electrons. The molecule has 1 aromatic rings. The Bertz CT molecular complexity index is 359. The largest absolute Gasteiger partial charge is 0.350 e. The second-order valence-electron chi connectivity index (χ2n) is 5.29. The SMILES string of the molecule is CC(=O)N[C@@H](C)c1ccc(C(C)(C)C)cc1. The van der Waals surface area contributed by atoms with E-state index in [4.69, 9.17) is 0 Å². The van der Waals surface area contributed by atoms with Crippen molar-refractivity contribution in [3.63, 3.8) is 0 Å². The standard InChI is InChI=1S/C14H21NO/c1-10(15-11(2)16)12-6-8-13(9-7-12)14(3,4)5/h6-10H,1-5H3,(H,15,16)/t10-/m0/s1. The second kappa shape index (κ2) is 4.69. The Labute approximate surface area is 98.1 Å². The summed E-state index contributed by atoms with van der Waals surface area (Å²) in [7, 11) is 0. The van der Waals surface area contributed by atoms with Gasteiger partial charge in [-0.25, -0.2) is 0 Å². The fourth-order valence-electron chi connectivity index (χ4n) is 1.66. The van der Waals surface area contributed by atoms with Gasteiger partial charge in [-0.2, -0.15) is 0 Å². The fraction of sp³-hybridized carbons (Fsp3) is 0.500. The Balaban J connectivity index is 2.83. The third kappa shape index (κ3) is 3.37. The molecule has 1 atom stereocenters. The van der Waals surface area contributed by atoms with Gasteiger partial charge in [-0.05, 0) is 23.5 Å². The van der Waals surface area contributed by atoms with Gasteiger partial charge in [-0.3, -0.25) is 4.79 Å². The van der Waals surface area contributed by atoms with Crippen molar-refractivity contribution in [3.8, 4) is 0 Å². The summed E-state index contributed by atoms with van der Waals surface area (Å²) in [4.78, 5) is 10.9. The smallest absolute Gasteiger partial charge is 0.217 e. The summed E-state index contributed by atoms with van der Waals surface area (Å²) in [5.74, 6) is 0.00685. The molecule has 0 bridgehead atoms. The summed E-state index contributed by atoms with van der Waals surface area (Å²) in [5, 5.41) is 2.88. The average molecular weight is 219 g/mol. The molecule has 0 aromatic heterocycles. The van der Waals surface area contributed by atoms with Gasteiger partial charge in [0.1, 0.15) is 0 Å². The molecule has 0 unspecified atom stereocenters. The first kappa shape index (κ1) is 12.8. The molecule has 1 rings (SSSR count). The zero-order valence-electron chi connectivity index (χ0n) is 10.8. The maximum absolute atomic E-state index is 10.9. The second-order valence-corrected chi connectivity index (χ2v) is 5.29. The van der Waals surface area contributed by atoms with Gasteiger partial charge in [0.25, 0.3) is 0 Å². The minimum absolute atomic E-state index is 0.00685. The van der Waals surface area contributed by atoms with Gasteiger partial charge in [-0.15, -0.1) is 0 Å². The molecule has 0 aliphatic carbocycles. The van der Waals surface area contributed by atoms with Crippen molar-refractivity contribution in [1.29, 1.82) is 0 Å². The number of hydrogen-bond donors (Lipinski definition) is 1. The van der Waals surface area contributed by atoms with E-state index in [1.54, 1.807) is 6.92 Å². The molecular weight excluding hydrogens is 198 g/mol. The van der Waals surface area contributed by atoms with Crippen molar-refractivity contribution in [2.75, 3.05) is 0 Å². The molecule has 0 aliphatic rings. The summed E-state index contributed by atoms with van der Waals surface area (Å²) in [5.41, 5.74) is 2.63. The Hall–Kier alpha value is -1.31. The number of rotatable bonds is 2. The van der Waals surface area contributed by atoms with E-state index in [0.29, 0.717) is 0 Å². The Kier molecular flexibility index (Phi) is 3.74. The van der Waals surface area contributed by atoms with Gasteiger partial charge in [-0.1, -0.05) is 45.0 Å². The molecule has 2 nitrogen and oxygen atoms in total. The number of amides is 1. The van der Waals surface area contributed by atoms with Crippen molar-refractivity contribution in [3.05, 3.63) is 35.4 Å². The molecule has 0 heterocycles. The van der Waals surface area contributed by atoms with Crippen LogP contribution in [0.1, 0.15) is 51.8 Å². The van der Waals surface area contributed by atoms with Crippen molar-refractivity contribution in [2.45, 2.75) is 46.1 Å². The molecular formula is C14H21NO. The highest BCUT2D eigenvalue weighted by atomic mass is 16.1. The summed E-state index contributed by atoms with van der Waals surface area (Å²) in [6, 6.07) is 8.51. The number of carbonyl (C=O) groups excluding carboxylic acids is 1. The van der Waals surface area contributed by atoms with Gasteiger partial charge in [0.2, 0.25) is 5.91 Å². The quantitative estimate of drug-likeness (QED) is 0.813. The van der Waals surface area contributed by atoms with E-state index in [1.807, 2.05) is 6.92 Å². The molecule has 2 heteroatoms. The van der Waals surface area contributed by atoms with Crippen LogP contribution in [0.15, 0.2) is 24.3 Å². The minimum atomic E-state index is 0.00685. The van der Waals surface area contributed by atoms with Crippen LogP contribution < -0.4 is 5.32 Å². The van der Waals surface area contributed by atoms with Crippen molar-refractivity contribution >= 4 is 5.91 Å². The van der Waals surface area contributed by atoms with Crippen molar-refractivity contribution < 1.29 is 4.79 Å². The highest BCUT2D eigenvalue weighted by Crippen LogP contribution is 2.23.